The minimum atomic E-state index is 0.0348. The highest BCUT2D eigenvalue weighted by molar-refractivity contribution is 5.73. The molecule has 23 heavy (non-hydrogen) atoms. The summed E-state index contributed by atoms with van der Waals surface area (Å²) < 4.78 is 5.13. The van der Waals surface area contributed by atoms with Gasteiger partial charge in [-0.2, -0.15) is 0 Å². The molecule has 3 heteroatoms. The molecule has 0 aromatic rings. The molecule has 4 aliphatic rings. The maximum Gasteiger partial charge on any atom is 0.309 e. The van der Waals surface area contributed by atoms with Crippen molar-refractivity contribution in [1.82, 2.24) is 5.32 Å². The summed E-state index contributed by atoms with van der Waals surface area (Å²) in [6.07, 6.45) is 12.2. The second-order valence-electron chi connectivity index (χ2n) is 8.88. The van der Waals surface area contributed by atoms with Crippen LogP contribution in [0.1, 0.15) is 52.4 Å². The molecule has 2 unspecified atom stereocenters. The van der Waals surface area contributed by atoms with Gasteiger partial charge in [0.05, 0.1) is 13.0 Å². The van der Waals surface area contributed by atoms with Gasteiger partial charge in [-0.05, 0) is 61.7 Å². The summed E-state index contributed by atoms with van der Waals surface area (Å²) in [6.45, 7) is 5.89. The molecule has 3 saturated carbocycles. The van der Waals surface area contributed by atoms with Gasteiger partial charge in [0.2, 0.25) is 0 Å². The maximum absolute atomic E-state index is 12.3. The number of hydrogen-bond donors (Lipinski definition) is 1. The van der Waals surface area contributed by atoms with Crippen LogP contribution >= 0.6 is 0 Å². The van der Waals surface area contributed by atoms with E-state index in [-0.39, 0.29) is 17.3 Å². The smallest absolute Gasteiger partial charge is 0.309 e. The molecule has 0 bridgehead atoms. The lowest BCUT2D eigenvalue weighted by molar-refractivity contribution is -0.153. The fourth-order valence-electron chi connectivity index (χ4n) is 7.01. The van der Waals surface area contributed by atoms with Gasteiger partial charge in [0.25, 0.3) is 0 Å². The molecular weight excluding hydrogens is 286 g/mol. The van der Waals surface area contributed by atoms with Gasteiger partial charge in [-0.25, -0.2) is 0 Å². The Bertz CT molecular complexity index is 530. The van der Waals surface area contributed by atoms with Crippen LogP contribution in [0.5, 0.6) is 0 Å². The van der Waals surface area contributed by atoms with Gasteiger partial charge in [-0.3, -0.25) is 4.79 Å². The van der Waals surface area contributed by atoms with Gasteiger partial charge < -0.3 is 10.1 Å². The molecule has 3 nitrogen and oxygen atoms in total. The molecule has 0 aromatic heterocycles. The zero-order chi connectivity index (χ0) is 16.2. The Morgan fingerprint density at radius 2 is 1.96 bits per heavy atom. The van der Waals surface area contributed by atoms with E-state index in [4.69, 9.17) is 4.74 Å². The van der Waals surface area contributed by atoms with Crippen molar-refractivity contribution < 1.29 is 9.53 Å². The fourth-order valence-corrected chi connectivity index (χ4v) is 7.01. The molecule has 4 rings (SSSR count). The highest BCUT2D eigenvalue weighted by Crippen LogP contribution is 2.65. The first-order valence-electron chi connectivity index (χ1n) is 9.49. The summed E-state index contributed by atoms with van der Waals surface area (Å²) >= 11 is 0. The first-order valence-corrected chi connectivity index (χ1v) is 9.49. The van der Waals surface area contributed by atoms with Crippen molar-refractivity contribution in [3.05, 3.63) is 12.2 Å². The predicted molar refractivity (Wildman–Crippen MR) is 90.8 cm³/mol. The number of nitrogens with one attached hydrogen (secondary N) is 1. The van der Waals surface area contributed by atoms with E-state index in [2.05, 4.69) is 31.3 Å². The van der Waals surface area contributed by atoms with Crippen molar-refractivity contribution in [2.45, 2.75) is 58.4 Å². The van der Waals surface area contributed by atoms with E-state index in [0.29, 0.717) is 17.4 Å². The zero-order valence-electron chi connectivity index (χ0n) is 14.8. The standard InChI is InChI=1S/C20H31NO2/c1-19-11-9-15-13(14(19)6-7-16(19)18(22)23-3)5-8-17-20(15,2)10-4-12-21-17/h4,10,13-17,21H,5-9,11-12H2,1-3H3/t13?,14-,15?,16+,17+,19-,20+/m0/s1. The largest absolute Gasteiger partial charge is 0.469 e. The third-order valence-corrected chi connectivity index (χ3v) is 8.22. The van der Waals surface area contributed by atoms with E-state index in [9.17, 15) is 4.79 Å². The Hall–Kier alpha value is -0.830. The van der Waals surface area contributed by atoms with Crippen LogP contribution in [0.3, 0.4) is 0 Å². The Kier molecular flexibility index (Phi) is 3.64. The van der Waals surface area contributed by atoms with Crippen molar-refractivity contribution in [3.63, 3.8) is 0 Å². The number of hydrogen-bond acceptors (Lipinski definition) is 3. The molecule has 0 saturated heterocycles. The van der Waals surface area contributed by atoms with Crippen LogP contribution in [0, 0.1) is 34.5 Å². The SMILES string of the molecule is COC(=O)[C@H]1CC[C@H]2C3CC[C@H]4NCC=C[C@]4(C)C3CC[C@]12C. The monoisotopic (exact) mass is 317 g/mol. The van der Waals surface area contributed by atoms with Gasteiger partial charge in [0.15, 0.2) is 0 Å². The van der Waals surface area contributed by atoms with Gasteiger partial charge in [0.1, 0.15) is 0 Å². The molecule has 0 amide bonds. The Morgan fingerprint density at radius 1 is 1.13 bits per heavy atom. The molecule has 3 fully saturated rings. The van der Waals surface area contributed by atoms with Crippen molar-refractivity contribution >= 4 is 5.97 Å². The predicted octanol–water partition coefficient (Wildman–Crippen LogP) is 3.55. The summed E-state index contributed by atoms with van der Waals surface area (Å²) in [5, 5.41) is 3.74. The second-order valence-corrected chi connectivity index (χ2v) is 8.88. The van der Waals surface area contributed by atoms with E-state index < -0.39 is 0 Å². The average Bonchev–Trinajstić information content (AvgIpc) is 2.91. The highest BCUT2D eigenvalue weighted by Gasteiger charge is 2.60. The van der Waals surface area contributed by atoms with Crippen LogP contribution in [0.25, 0.3) is 0 Å². The summed E-state index contributed by atoms with van der Waals surface area (Å²) in [7, 11) is 1.55. The van der Waals surface area contributed by atoms with Gasteiger partial charge in [-0.1, -0.05) is 26.0 Å². The number of esters is 1. The van der Waals surface area contributed by atoms with Crippen molar-refractivity contribution in [2.24, 2.45) is 34.5 Å². The first-order chi connectivity index (χ1) is 11.0. The minimum absolute atomic E-state index is 0.0348. The molecule has 1 aliphatic heterocycles. The Morgan fingerprint density at radius 3 is 2.74 bits per heavy atom. The van der Waals surface area contributed by atoms with Crippen LogP contribution in [0.4, 0.5) is 0 Å². The van der Waals surface area contributed by atoms with Gasteiger partial charge >= 0.3 is 5.97 Å². The summed E-state index contributed by atoms with van der Waals surface area (Å²) in [5.74, 6) is 2.43. The van der Waals surface area contributed by atoms with E-state index >= 15 is 0 Å². The first kappa shape index (κ1) is 15.7. The molecule has 0 spiro atoms. The van der Waals surface area contributed by atoms with Gasteiger partial charge in [0, 0.05) is 18.0 Å². The average molecular weight is 317 g/mol. The van der Waals surface area contributed by atoms with Crippen molar-refractivity contribution in [2.75, 3.05) is 13.7 Å². The van der Waals surface area contributed by atoms with Crippen LogP contribution in [-0.2, 0) is 9.53 Å². The molecule has 1 heterocycles. The quantitative estimate of drug-likeness (QED) is 0.594. The third-order valence-electron chi connectivity index (χ3n) is 8.22. The van der Waals surface area contributed by atoms with Crippen LogP contribution in [-0.4, -0.2) is 25.7 Å². The molecule has 0 radical (unpaired) electrons. The summed E-state index contributed by atoms with van der Waals surface area (Å²) in [4.78, 5) is 12.3. The molecule has 128 valence electrons. The van der Waals surface area contributed by atoms with E-state index in [1.165, 1.54) is 32.1 Å². The zero-order valence-corrected chi connectivity index (χ0v) is 14.8. The lowest BCUT2D eigenvalue weighted by atomic mass is 9.48. The minimum Gasteiger partial charge on any atom is -0.469 e. The normalized spacial score (nSPS) is 51.5. The van der Waals surface area contributed by atoms with Gasteiger partial charge in [-0.15, -0.1) is 0 Å². The topological polar surface area (TPSA) is 38.3 Å². The van der Waals surface area contributed by atoms with E-state index in [0.717, 1.165) is 24.8 Å². The maximum atomic E-state index is 12.3. The number of fused-ring (bicyclic) bond motifs is 5. The lowest BCUT2D eigenvalue weighted by Gasteiger charge is -2.58. The molecular formula is C20H31NO2. The number of ether oxygens (including phenoxy) is 1. The number of methoxy groups -OCH3 is 1. The van der Waals surface area contributed by atoms with Crippen LogP contribution in [0.15, 0.2) is 12.2 Å². The summed E-state index contributed by atoms with van der Waals surface area (Å²) in [6, 6.07) is 0.649. The van der Waals surface area contributed by atoms with Crippen LogP contribution in [0.2, 0.25) is 0 Å². The van der Waals surface area contributed by atoms with Crippen LogP contribution < -0.4 is 5.32 Å². The Labute approximate surface area is 140 Å². The number of carbonyl (C=O) groups is 1. The highest BCUT2D eigenvalue weighted by atomic mass is 16.5. The molecule has 0 aromatic carbocycles. The molecule has 3 aliphatic carbocycles. The van der Waals surface area contributed by atoms with Crippen molar-refractivity contribution in [1.29, 1.82) is 0 Å². The van der Waals surface area contributed by atoms with E-state index in [1.807, 2.05) is 0 Å². The Balaban J connectivity index is 1.64. The molecule has 7 atom stereocenters. The lowest BCUT2D eigenvalue weighted by Crippen LogP contribution is -2.58. The van der Waals surface area contributed by atoms with E-state index in [1.54, 1.807) is 7.11 Å². The molecule has 1 N–H and O–H groups in total. The fraction of sp³-hybridized carbons (Fsp3) is 0.850. The number of rotatable bonds is 1. The third kappa shape index (κ3) is 2.08. The number of carbonyl (C=O) groups excluding carboxylic acids is 1. The second kappa shape index (κ2) is 5.34. The summed E-state index contributed by atoms with van der Waals surface area (Å²) in [5.41, 5.74) is 0.481. The van der Waals surface area contributed by atoms with Crippen molar-refractivity contribution in [3.8, 4) is 0 Å².